The van der Waals surface area contributed by atoms with Gasteiger partial charge >= 0.3 is 0 Å². The molecule has 1 rings (SSSR count). The second-order valence-corrected chi connectivity index (χ2v) is 3.99. The van der Waals surface area contributed by atoms with Crippen LogP contribution in [-0.4, -0.2) is 24.6 Å². The van der Waals surface area contributed by atoms with E-state index in [1.165, 1.54) is 5.69 Å². The molecule has 0 amide bonds. The summed E-state index contributed by atoms with van der Waals surface area (Å²) in [7, 11) is 2.11. The van der Waals surface area contributed by atoms with Crippen LogP contribution >= 0.6 is 0 Å². The van der Waals surface area contributed by atoms with Crippen LogP contribution in [0.2, 0.25) is 0 Å². The molecule has 0 aliphatic heterocycles. The van der Waals surface area contributed by atoms with Gasteiger partial charge in [0.05, 0.1) is 5.69 Å². The van der Waals surface area contributed by atoms with Gasteiger partial charge in [-0.1, -0.05) is 6.92 Å². The molecule has 1 N–H and O–H groups in total. The number of pyridine rings is 1. The Morgan fingerprint density at radius 3 is 2.80 bits per heavy atom. The van der Waals surface area contributed by atoms with E-state index in [4.69, 9.17) is 0 Å². The molecule has 3 nitrogen and oxygen atoms in total. The number of hydrogen-bond acceptors (Lipinski definition) is 3. The molecule has 15 heavy (non-hydrogen) atoms. The number of nitrogens with zero attached hydrogens (tertiary/aromatic N) is 2. The molecule has 0 aromatic carbocycles. The van der Waals surface area contributed by atoms with Crippen LogP contribution in [0.4, 0.5) is 5.69 Å². The lowest BCUT2D eigenvalue weighted by molar-refractivity contribution is 0.707. The molecule has 0 aliphatic rings. The van der Waals surface area contributed by atoms with Crippen molar-refractivity contribution < 1.29 is 0 Å². The van der Waals surface area contributed by atoms with Gasteiger partial charge in [0.25, 0.3) is 0 Å². The highest BCUT2D eigenvalue weighted by atomic mass is 15.1. The largest absolute Gasteiger partial charge is 0.372 e. The lowest BCUT2D eigenvalue weighted by atomic mass is 10.2. The van der Waals surface area contributed by atoms with Gasteiger partial charge < -0.3 is 10.2 Å². The first-order valence-corrected chi connectivity index (χ1v) is 5.53. The zero-order valence-corrected chi connectivity index (χ0v) is 10.1. The van der Waals surface area contributed by atoms with Crippen LogP contribution in [0.3, 0.4) is 0 Å². The van der Waals surface area contributed by atoms with Crippen LogP contribution in [0.5, 0.6) is 0 Å². The van der Waals surface area contributed by atoms with Gasteiger partial charge in [-0.05, 0) is 32.5 Å². The van der Waals surface area contributed by atoms with E-state index in [9.17, 15) is 0 Å². The van der Waals surface area contributed by atoms with Crippen molar-refractivity contribution in [1.82, 2.24) is 10.3 Å². The molecule has 0 fully saturated rings. The normalized spacial score (nSPS) is 10.7. The molecule has 0 saturated carbocycles. The maximum Gasteiger partial charge on any atom is 0.0562 e. The van der Waals surface area contributed by atoms with Crippen LogP contribution in [0.15, 0.2) is 18.3 Å². The number of anilines is 1. The lowest BCUT2D eigenvalue weighted by Gasteiger charge is -2.24. The summed E-state index contributed by atoms with van der Waals surface area (Å²) in [6.07, 6.45) is 1.88. The topological polar surface area (TPSA) is 28.2 Å². The molecular formula is C12H21N3. The minimum Gasteiger partial charge on any atom is -0.372 e. The van der Waals surface area contributed by atoms with Gasteiger partial charge in [-0.2, -0.15) is 0 Å². The molecule has 84 valence electrons. The van der Waals surface area contributed by atoms with Gasteiger partial charge in [0.1, 0.15) is 0 Å². The fourth-order valence-electron chi connectivity index (χ4n) is 1.33. The molecule has 0 saturated heterocycles. The average molecular weight is 207 g/mol. The summed E-state index contributed by atoms with van der Waals surface area (Å²) >= 11 is 0. The summed E-state index contributed by atoms with van der Waals surface area (Å²) in [6.45, 7) is 8.29. The van der Waals surface area contributed by atoms with Crippen molar-refractivity contribution in [3.63, 3.8) is 0 Å². The Morgan fingerprint density at radius 1 is 1.47 bits per heavy atom. The summed E-state index contributed by atoms with van der Waals surface area (Å²) in [6, 6.07) is 4.71. The number of aromatic nitrogens is 1. The van der Waals surface area contributed by atoms with E-state index in [2.05, 4.69) is 55.2 Å². The molecule has 1 heterocycles. The van der Waals surface area contributed by atoms with Crippen molar-refractivity contribution in [2.45, 2.75) is 33.4 Å². The molecule has 1 aromatic rings. The summed E-state index contributed by atoms with van der Waals surface area (Å²) in [5, 5.41) is 3.28. The van der Waals surface area contributed by atoms with E-state index in [0.29, 0.717) is 6.04 Å². The Kier molecular flexibility index (Phi) is 4.56. The van der Waals surface area contributed by atoms with E-state index in [-0.39, 0.29) is 0 Å². The van der Waals surface area contributed by atoms with Crippen molar-refractivity contribution in [1.29, 1.82) is 0 Å². The van der Waals surface area contributed by atoms with Crippen molar-refractivity contribution in [3.8, 4) is 0 Å². The van der Waals surface area contributed by atoms with Gasteiger partial charge in [0, 0.05) is 31.5 Å². The first kappa shape index (κ1) is 12.0. The third-order valence-electron chi connectivity index (χ3n) is 2.54. The molecule has 0 radical (unpaired) electrons. The van der Waals surface area contributed by atoms with Gasteiger partial charge in [-0.25, -0.2) is 0 Å². The standard InChI is InChI=1S/C12H21N3/c1-5-13-9-11-8-12(6-7-14-11)15(4)10(2)3/h6-8,10,13H,5,9H2,1-4H3. The fourth-order valence-corrected chi connectivity index (χ4v) is 1.33. The molecule has 0 aliphatic carbocycles. The van der Waals surface area contributed by atoms with Crippen molar-refractivity contribution in [2.24, 2.45) is 0 Å². The van der Waals surface area contributed by atoms with Crippen LogP contribution in [0.25, 0.3) is 0 Å². The maximum absolute atomic E-state index is 4.33. The zero-order valence-electron chi connectivity index (χ0n) is 10.1. The van der Waals surface area contributed by atoms with Crippen LogP contribution in [0, 0.1) is 0 Å². The SMILES string of the molecule is CCNCc1cc(N(C)C(C)C)ccn1. The maximum atomic E-state index is 4.33. The predicted molar refractivity (Wildman–Crippen MR) is 65.2 cm³/mol. The second kappa shape index (κ2) is 5.71. The second-order valence-electron chi connectivity index (χ2n) is 3.99. The third-order valence-corrected chi connectivity index (χ3v) is 2.54. The molecule has 0 bridgehead atoms. The molecule has 0 atom stereocenters. The van der Waals surface area contributed by atoms with E-state index in [1.807, 2.05) is 6.20 Å². The summed E-state index contributed by atoms with van der Waals surface area (Å²) in [5.41, 5.74) is 2.33. The Bertz CT molecular complexity index is 297. The Hall–Kier alpha value is -1.09. The number of rotatable bonds is 5. The summed E-state index contributed by atoms with van der Waals surface area (Å²) < 4.78 is 0. The Labute approximate surface area is 92.5 Å². The Morgan fingerprint density at radius 2 is 2.20 bits per heavy atom. The summed E-state index contributed by atoms with van der Waals surface area (Å²) in [5.74, 6) is 0. The molecule has 1 aromatic heterocycles. The fraction of sp³-hybridized carbons (Fsp3) is 0.583. The van der Waals surface area contributed by atoms with Crippen molar-refractivity contribution in [3.05, 3.63) is 24.0 Å². The quantitative estimate of drug-likeness (QED) is 0.801. The minimum absolute atomic E-state index is 0.513. The Balaban J connectivity index is 2.73. The molecule has 3 heteroatoms. The van der Waals surface area contributed by atoms with E-state index in [0.717, 1.165) is 18.8 Å². The monoisotopic (exact) mass is 207 g/mol. The zero-order chi connectivity index (χ0) is 11.3. The van der Waals surface area contributed by atoms with Crippen molar-refractivity contribution >= 4 is 5.69 Å². The third kappa shape index (κ3) is 3.51. The molecular weight excluding hydrogens is 186 g/mol. The highest BCUT2D eigenvalue weighted by molar-refractivity contribution is 5.46. The smallest absolute Gasteiger partial charge is 0.0562 e. The van der Waals surface area contributed by atoms with Gasteiger partial charge in [0.2, 0.25) is 0 Å². The molecule has 0 spiro atoms. The van der Waals surface area contributed by atoms with Gasteiger partial charge in [-0.3, -0.25) is 4.98 Å². The number of hydrogen-bond donors (Lipinski definition) is 1. The lowest BCUT2D eigenvalue weighted by Crippen LogP contribution is -2.26. The van der Waals surface area contributed by atoms with E-state index >= 15 is 0 Å². The van der Waals surface area contributed by atoms with E-state index in [1.54, 1.807) is 0 Å². The van der Waals surface area contributed by atoms with Crippen molar-refractivity contribution in [2.75, 3.05) is 18.5 Å². The highest BCUT2D eigenvalue weighted by Crippen LogP contribution is 2.15. The number of nitrogens with one attached hydrogen (secondary N) is 1. The van der Waals surface area contributed by atoms with Crippen LogP contribution < -0.4 is 10.2 Å². The van der Waals surface area contributed by atoms with Crippen LogP contribution in [0.1, 0.15) is 26.5 Å². The molecule has 0 unspecified atom stereocenters. The average Bonchev–Trinajstić information content (AvgIpc) is 2.25. The highest BCUT2D eigenvalue weighted by Gasteiger charge is 2.05. The van der Waals surface area contributed by atoms with E-state index < -0.39 is 0 Å². The minimum atomic E-state index is 0.513. The van der Waals surface area contributed by atoms with Crippen LogP contribution in [-0.2, 0) is 6.54 Å². The first-order chi connectivity index (χ1) is 7.15. The summed E-state index contributed by atoms with van der Waals surface area (Å²) in [4.78, 5) is 6.58. The van der Waals surface area contributed by atoms with Gasteiger partial charge in [-0.15, -0.1) is 0 Å². The van der Waals surface area contributed by atoms with Gasteiger partial charge in [0.15, 0.2) is 0 Å². The first-order valence-electron chi connectivity index (χ1n) is 5.53. The predicted octanol–water partition coefficient (Wildman–Crippen LogP) is 2.04.